The van der Waals surface area contributed by atoms with Gasteiger partial charge in [0.15, 0.2) is 17.2 Å². The number of benzene rings is 3. The van der Waals surface area contributed by atoms with Gasteiger partial charge in [0.05, 0.1) is 22.5 Å². The van der Waals surface area contributed by atoms with Crippen LogP contribution in [-0.4, -0.2) is 28.3 Å². The Kier molecular flexibility index (Phi) is 7.83. The Morgan fingerprint density at radius 2 is 1.78 bits per heavy atom. The molecule has 37 heavy (non-hydrogen) atoms. The molecule has 1 aliphatic rings. The maximum Gasteiger partial charge on any atom is 0.363 e. The molecular formula is C24H15BrIN3O8. The summed E-state index contributed by atoms with van der Waals surface area (Å²) in [6, 6.07) is 13.2. The van der Waals surface area contributed by atoms with Crippen molar-refractivity contribution in [3.05, 3.63) is 99.7 Å². The van der Waals surface area contributed by atoms with Crippen LogP contribution in [0.2, 0.25) is 0 Å². The number of rotatable bonds is 8. The van der Waals surface area contributed by atoms with Crippen LogP contribution in [-0.2, 0) is 9.53 Å². The summed E-state index contributed by atoms with van der Waals surface area (Å²) in [4.78, 5) is 37.7. The molecule has 188 valence electrons. The van der Waals surface area contributed by atoms with E-state index in [2.05, 4.69) is 43.5 Å². The summed E-state index contributed by atoms with van der Waals surface area (Å²) < 4.78 is 18.5. The molecule has 0 saturated carbocycles. The average molecular weight is 680 g/mol. The van der Waals surface area contributed by atoms with Gasteiger partial charge in [-0.2, -0.15) is 0 Å². The van der Waals surface area contributed by atoms with Crippen molar-refractivity contribution in [1.29, 1.82) is 0 Å². The van der Waals surface area contributed by atoms with Crippen LogP contribution in [0.15, 0.2) is 69.8 Å². The zero-order valence-electron chi connectivity index (χ0n) is 18.8. The van der Waals surface area contributed by atoms with E-state index >= 15 is 0 Å². The molecular weight excluding hydrogens is 665 g/mol. The van der Waals surface area contributed by atoms with E-state index in [0.717, 1.165) is 26.2 Å². The first kappa shape index (κ1) is 26.2. The number of nitro groups is 2. The second kappa shape index (κ2) is 11.0. The van der Waals surface area contributed by atoms with Gasteiger partial charge in [0.2, 0.25) is 11.6 Å². The largest absolute Gasteiger partial charge is 0.490 e. The van der Waals surface area contributed by atoms with Crippen LogP contribution in [0, 0.1) is 23.8 Å². The van der Waals surface area contributed by atoms with Crippen LogP contribution in [0.4, 0.5) is 11.4 Å². The summed E-state index contributed by atoms with van der Waals surface area (Å²) in [6.07, 6.45) is 1.51. The third-order valence-electron chi connectivity index (χ3n) is 4.93. The molecule has 4 rings (SSSR count). The quantitative estimate of drug-likeness (QED) is 0.0874. The molecule has 0 fully saturated rings. The monoisotopic (exact) mass is 679 g/mol. The number of halogens is 2. The van der Waals surface area contributed by atoms with Gasteiger partial charge >= 0.3 is 11.7 Å². The fourth-order valence-corrected chi connectivity index (χ4v) is 3.97. The number of nitrogens with zero attached hydrogens (tertiary/aromatic N) is 3. The summed E-state index contributed by atoms with van der Waals surface area (Å²) in [5.74, 6) is -0.266. The Morgan fingerprint density at radius 1 is 1.03 bits per heavy atom. The van der Waals surface area contributed by atoms with Crippen molar-refractivity contribution in [3.63, 3.8) is 0 Å². The number of hydrogen-bond acceptors (Lipinski definition) is 9. The Hall–Kier alpha value is -3.85. The molecule has 3 aromatic rings. The standard InChI is InChI=1S/C24H15BrIN3O8/c1-2-35-22-10-13(9-18-24(30)37-23(27-18)14-4-6-17(26)16(25)11-14)3-7-21(22)36-20-8-5-15(28(31)32)12-19(20)29(33)34/h3-12H,2H2,1H3/b18-9-. The van der Waals surface area contributed by atoms with Crippen molar-refractivity contribution in [2.24, 2.45) is 4.99 Å². The molecule has 0 aliphatic carbocycles. The Bertz CT molecular complexity index is 1510. The van der Waals surface area contributed by atoms with Gasteiger partial charge < -0.3 is 14.2 Å². The molecule has 3 aromatic carbocycles. The van der Waals surface area contributed by atoms with Crippen molar-refractivity contribution >= 4 is 67.8 Å². The Morgan fingerprint density at radius 3 is 2.46 bits per heavy atom. The molecule has 13 heteroatoms. The lowest BCUT2D eigenvalue weighted by molar-refractivity contribution is -0.394. The number of carbonyl (C=O) groups excluding carboxylic acids is 1. The fraction of sp³-hybridized carbons (Fsp3) is 0.0833. The van der Waals surface area contributed by atoms with E-state index in [1.807, 2.05) is 6.07 Å². The molecule has 0 amide bonds. The molecule has 0 aromatic heterocycles. The number of hydrogen-bond donors (Lipinski definition) is 0. The van der Waals surface area contributed by atoms with Crippen molar-refractivity contribution in [2.45, 2.75) is 6.92 Å². The number of cyclic esters (lactones) is 1. The maximum absolute atomic E-state index is 12.4. The minimum atomic E-state index is -0.769. The molecule has 0 spiro atoms. The van der Waals surface area contributed by atoms with Gasteiger partial charge in [-0.1, -0.05) is 6.07 Å². The lowest BCUT2D eigenvalue weighted by atomic mass is 10.1. The summed E-state index contributed by atoms with van der Waals surface area (Å²) in [5, 5.41) is 22.4. The third-order valence-corrected chi connectivity index (χ3v) is 7.27. The lowest BCUT2D eigenvalue weighted by Crippen LogP contribution is -2.05. The van der Waals surface area contributed by atoms with Gasteiger partial charge in [-0.25, -0.2) is 9.79 Å². The molecule has 0 atom stereocenters. The van der Waals surface area contributed by atoms with Crippen LogP contribution >= 0.6 is 38.5 Å². The first-order chi connectivity index (χ1) is 17.7. The summed E-state index contributed by atoms with van der Waals surface area (Å²) in [5.41, 5.74) is 0.238. The molecule has 1 aliphatic heterocycles. The second-order valence-electron chi connectivity index (χ2n) is 7.37. The number of esters is 1. The van der Waals surface area contributed by atoms with Crippen molar-refractivity contribution in [3.8, 4) is 17.2 Å². The van der Waals surface area contributed by atoms with E-state index in [1.54, 1.807) is 31.2 Å². The highest BCUT2D eigenvalue weighted by Crippen LogP contribution is 2.39. The van der Waals surface area contributed by atoms with E-state index in [0.29, 0.717) is 11.1 Å². The topological polar surface area (TPSA) is 143 Å². The lowest BCUT2D eigenvalue weighted by Gasteiger charge is -2.12. The SMILES string of the molecule is CCOc1cc(/C=C2\N=C(c3ccc(I)c(Br)c3)OC2=O)ccc1Oc1ccc([N+](=O)[O-])cc1[N+](=O)[O-]. The van der Waals surface area contributed by atoms with Gasteiger partial charge in [0, 0.05) is 19.7 Å². The molecule has 1 heterocycles. The smallest absolute Gasteiger partial charge is 0.363 e. The van der Waals surface area contributed by atoms with Gasteiger partial charge in [-0.3, -0.25) is 20.2 Å². The highest BCUT2D eigenvalue weighted by molar-refractivity contribution is 14.1. The Labute approximate surface area is 231 Å². The first-order valence-electron chi connectivity index (χ1n) is 10.5. The van der Waals surface area contributed by atoms with Crippen LogP contribution in [0.5, 0.6) is 17.2 Å². The number of carbonyl (C=O) groups is 1. The highest BCUT2D eigenvalue weighted by atomic mass is 127. The van der Waals surface area contributed by atoms with Gasteiger partial charge in [0.1, 0.15) is 0 Å². The van der Waals surface area contributed by atoms with Crippen LogP contribution in [0.1, 0.15) is 18.1 Å². The average Bonchev–Trinajstić information content (AvgIpc) is 3.22. The Balaban J connectivity index is 1.65. The summed E-state index contributed by atoms with van der Waals surface area (Å²) in [7, 11) is 0. The maximum atomic E-state index is 12.4. The molecule has 0 N–H and O–H groups in total. The highest BCUT2D eigenvalue weighted by Gasteiger charge is 2.25. The van der Waals surface area contributed by atoms with E-state index in [-0.39, 0.29) is 35.5 Å². The van der Waals surface area contributed by atoms with Gasteiger partial charge in [-0.05, 0) is 93.5 Å². The predicted octanol–water partition coefficient (Wildman–Crippen LogP) is 6.41. The minimum Gasteiger partial charge on any atom is -0.490 e. The van der Waals surface area contributed by atoms with Crippen LogP contribution in [0.3, 0.4) is 0 Å². The van der Waals surface area contributed by atoms with E-state index in [9.17, 15) is 25.0 Å². The van der Waals surface area contributed by atoms with E-state index in [1.165, 1.54) is 12.1 Å². The second-order valence-corrected chi connectivity index (χ2v) is 9.39. The minimum absolute atomic E-state index is 0.0757. The summed E-state index contributed by atoms with van der Waals surface area (Å²) >= 11 is 5.61. The normalized spacial score (nSPS) is 13.8. The molecule has 0 saturated heterocycles. The first-order valence-corrected chi connectivity index (χ1v) is 12.4. The van der Waals surface area contributed by atoms with Crippen LogP contribution in [0.25, 0.3) is 6.08 Å². The molecule has 11 nitrogen and oxygen atoms in total. The van der Waals surface area contributed by atoms with E-state index in [4.69, 9.17) is 14.2 Å². The number of non-ortho nitro benzene ring substituents is 1. The fourth-order valence-electron chi connectivity index (χ4n) is 3.25. The van der Waals surface area contributed by atoms with Gasteiger partial charge in [0.25, 0.3) is 5.69 Å². The zero-order chi connectivity index (χ0) is 26.7. The number of aliphatic imine (C=N–C) groups is 1. The van der Waals surface area contributed by atoms with Crippen molar-refractivity contribution < 1.29 is 28.9 Å². The number of ether oxygens (including phenoxy) is 3. The molecule has 0 bridgehead atoms. The van der Waals surface area contributed by atoms with Crippen LogP contribution < -0.4 is 9.47 Å². The predicted molar refractivity (Wildman–Crippen MR) is 145 cm³/mol. The summed E-state index contributed by atoms with van der Waals surface area (Å²) in [6.45, 7) is 2.00. The number of nitro benzene ring substituents is 2. The van der Waals surface area contributed by atoms with Gasteiger partial charge in [-0.15, -0.1) is 0 Å². The van der Waals surface area contributed by atoms with Crippen molar-refractivity contribution in [1.82, 2.24) is 0 Å². The molecule has 0 unspecified atom stereocenters. The third kappa shape index (κ3) is 5.94. The van der Waals surface area contributed by atoms with Crippen molar-refractivity contribution in [2.75, 3.05) is 6.61 Å². The molecule has 0 radical (unpaired) electrons. The van der Waals surface area contributed by atoms with E-state index < -0.39 is 27.2 Å². The zero-order valence-corrected chi connectivity index (χ0v) is 22.6.